The van der Waals surface area contributed by atoms with Gasteiger partial charge in [0.05, 0.1) is 32.7 Å². The first-order chi connectivity index (χ1) is 7.02. The lowest BCUT2D eigenvalue weighted by molar-refractivity contribution is -0.866. The number of hydrogen-bond acceptors (Lipinski definition) is 2. The predicted octanol–water partition coefficient (Wildman–Crippen LogP) is 0.105. The van der Waals surface area contributed by atoms with Gasteiger partial charge in [0.1, 0.15) is 7.11 Å². The summed E-state index contributed by atoms with van der Waals surface area (Å²) in [6, 6.07) is 2.11. The molecule has 1 N–H and O–H groups in total. The molecule has 0 bridgehead atoms. The van der Waals surface area contributed by atoms with Gasteiger partial charge >= 0.3 is 5.65 Å². The summed E-state index contributed by atoms with van der Waals surface area (Å²) < 4.78 is 2.44. The number of nitrogens with zero attached hydrogens (tertiary/aromatic N) is 3. The Morgan fingerprint density at radius 3 is 2.73 bits per heavy atom. The molecule has 0 aliphatic rings. The Kier molecular flexibility index (Phi) is 2.12. The van der Waals surface area contributed by atoms with Gasteiger partial charge in [0.2, 0.25) is 0 Å². The molecule has 15 heavy (non-hydrogen) atoms. The third-order valence-corrected chi connectivity index (χ3v) is 2.39. The summed E-state index contributed by atoms with van der Waals surface area (Å²) in [6.45, 7) is 0. The minimum absolute atomic E-state index is 0.741. The first kappa shape index (κ1) is 9.92. The number of aromatic amines is 1. The largest absolute Gasteiger partial charge is 0.348 e. The second kappa shape index (κ2) is 3.20. The molecule has 0 aromatic carbocycles. The second-order valence-electron chi connectivity index (χ2n) is 4.39. The quantitative estimate of drug-likeness (QED) is 0.562. The van der Waals surface area contributed by atoms with Crippen molar-refractivity contribution < 1.29 is 9.57 Å². The van der Waals surface area contributed by atoms with Crippen molar-refractivity contribution in [3.8, 4) is 0 Å². The van der Waals surface area contributed by atoms with Crippen LogP contribution >= 0.6 is 0 Å². The predicted molar refractivity (Wildman–Crippen MR) is 58.4 cm³/mol. The van der Waals surface area contributed by atoms with E-state index < -0.39 is 0 Å². The molecule has 0 spiro atoms. The number of aromatic nitrogens is 3. The smallest absolute Gasteiger partial charge is 0.339 e. The van der Waals surface area contributed by atoms with E-state index in [1.807, 2.05) is 6.20 Å². The molecule has 0 atom stereocenters. The fraction of sp³-hybridized carbons (Fsp3) is 0.400. The highest BCUT2D eigenvalue weighted by Crippen LogP contribution is 2.18. The van der Waals surface area contributed by atoms with Gasteiger partial charge in [0, 0.05) is 6.07 Å². The molecule has 2 aromatic rings. The van der Waals surface area contributed by atoms with Gasteiger partial charge in [-0.05, 0) is 4.73 Å². The van der Waals surface area contributed by atoms with Crippen molar-refractivity contribution in [2.75, 3.05) is 28.3 Å². The maximum Gasteiger partial charge on any atom is 0.348 e. The standard InChI is InChI=1S/C10H15N4O/c1-14(2,3)9-5-8-6-11-12-10(8)13(7-9)15-4/h5-7H,1-4H3/q+1/p+1. The number of pyridine rings is 1. The van der Waals surface area contributed by atoms with Gasteiger partial charge in [0.15, 0.2) is 11.9 Å². The average Bonchev–Trinajstić information content (AvgIpc) is 2.62. The highest BCUT2D eigenvalue weighted by molar-refractivity contribution is 5.74. The molecular weight excluding hydrogens is 192 g/mol. The molecule has 0 aliphatic carbocycles. The fourth-order valence-electron chi connectivity index (χ4n) is 1.46. The van der Waals surface area contributed by atoms with Crippen LogP contribution in [0.5, 0.6) is 0 Å². The van der Waals surface area contributed by atoms with E-state index >= 15 is 0 Å². The number of fused-ring (bicyclic) bond motifs is 1. The van der Waals surface area contributed by atoms with Gasteiger partial charge in [-0.25, -0.2) is 0 Å². The molecule has 0 aliphatic heterocycles. The third-order valence-electron chi connectivity index (χ3n) is 2.39. The van der Waals surface area contributed by atoms with Crippen LogP contribution < -0.4 is 14.1 Å². The van der Waals surface area contributed by atoms with E-state index in [1.165, 1.54) is 0 Å². The van der Waals surface area contributed by atoms with Crippen LogP contribution in [0.15, 0.2) is 18.5 Å². The summed E-state index contributed by atoms with van der Waals surface area (Å²) in [5, 5.41) is 7.94. The summed E-state index contributed by atoms with van der Waals surface area (Å²) in [4.78, 5) is 5.26. The molecule has 2 aromatic heterocycles. The molecule has 2 heterocycles. The molecule has 80 valence electrons. The Morgan fingerprint density at radius 1 is 1.40 bits per heavy atom. The summed E-state index contributed by atoms with van der Waals surface area (Å²) in [5.74, 6) is 0. The Morgan fingerprint density at radius 2 is 2.13 bits per heavy atom. The Hall–Kier alpha value is -1.62. The zero-order valence-corrected chi connectivity index (χ0v) is 9.48. The van der Waals surface area contributed by atoms with Crippen molar-refractivity contribution in [2.24, 2.45) is 0 Å². The van der Waals surface area contributed by atoms with Crippen LogP contribution in [-0.2, 0) is 0 Å². The number of H-pyrrole nitrogens is 1. The van der Waals surface area contributed by atoms with Gasteiger partial charge < -0.3 is 4.84 Å². The van der Waals surface area contributed by atoms with Crippen LogP contribution in [0.3, 0.4) is 0 Å². The highest BCUT2D eigenvalue weighted by atomic mass is 16.6. The minimum Gasteiger partial charge on any atom is -0.339 e. The van der Waals surface area contributed by atoms with Crippen LogP contribution in [0.2, 0.25) is 0 Å². The third kappa shape index (κ3) is 1.66. The first-order valence-corrected chi connectivity index (χ1v) is 4.77. The van der Waals surface area contributed by atoms with Gasteiger partial charge in [-0.2, -0.15) is 0 Å². The van der Waals surface area contributed by atoms with Crippen LogP contribution in [0.25, 0.3) is 11.0 Å². The normalized spacial score (nSPS) is 12.0. The SMILES string of the molecule is CO[n+]1cc([N+](C)(C)C)cc2cn[nH]c21. The van der Waals surface area contributed by atoms with Crippen molar-refractivity contribution in [1.29, 1.82) is 0 Å². The molecule has 0 saturated heterocycles. The number of rotatable bonds is 2. The molecular formula is C10H16N4O+2. The molecule has 0 amide bonds. The summed E-state index contributed by atoms with van der Waals surface area (Å²) in [5.41, 5.74) is 2.03. The van der Waals surface area contributed by atoms with Gasteiger partial charge in [-0.1, -0.05) is 5.10 Å². The Labute approximate surface area is 88.4 Å². The monoisotopic (exact) mass is 208 g/mol. The maximum absolute atomic E-state index is 5.26. The van der Waals surface area contributed by atoms with E-state index in [0.29, 0.717) is 0 Å². The van der Waals surface area contributed by atoms with Crippen LogP contribution in [0.1, 0.15) is 0 Å². The molecule has 5 nitrogen and oxygen atoms in total. The van der Waals surface area contributed by atoms with Crippen molar-refractivity contribution >= 4 is 16.7 Å². The molecule has 5 heteroatoms. The summed E-state index contributed by atoms with van der Waals surface area (Å²) in [7, 11) is 7.98. The number of nitrogens with one attached hydrogen (secondary N) is 1. The fourth-order valence-corrected chi connectivity index (χ4v) is 1.46. The summed E-state index contributed by atoms with van der Waals surface area (Å²) in [6.07, 6.45) is 3.75. The first-order valence-electron chi connectivity index (χ1n) is 4.77. The van der Waals surface area contributed by atoms with Gasteiger partial charge in [-0.3, -0.25) is 4.48 Å². The molecule has 0 saturated carbocycles. The Balaban J connectivity index is 2.69. The number of quaternary nitrogens is 1. The lowest BCUT2D eigenvalue weighted by Gasteiger charge is -2.22. The molecule has 2 rings (SSSR count). The van der Waals surface area contributed by atoms with Gasteiger partial charge in [-0.15, -0.1) is 5.10 Å². The van der Waals surface area contributed by atoms with Crippen LogP contribution in [-0.4, -0.2) is 38.5 Å². The lowest BCUT2D eigenvalue weighted by atomic mass is 10.3. The molecule has 0 radical (unpaired) electrons. The zero-order chi connectivity index (χ0) is 11.1. The van der Waals surface area contributed by atoms with E-state index in [9.17, 15) is 0 Å². The Bertz CT molecular complexity index is 484. The number of hydrogen-bond donors (Lipinski definition) is 1. The van der Waals surface area contributed by atoms with Gasteiger partial charge in [0.25, 0.3) is 0 Å². The van der Waals surface area contributed by atoms with Crippen molar-refractivity contribution in [2.45, 2.75) is 0 Å². The highest BCUT2D eigenvalue weighted by Gasteiger charge is 2.20. The molecule has 0 fully saturated rings. The van der Waals surface area contributed by atoms with Crippen LogP contribution in [0.4, 0.5) is 5.69 Å². The van der Waals surface area contributed by atoms with E-state index in [0.717, 1.165) is 21.2 Å². The van der Waals surface area contributed by atoms with E-state index in [1.54, 1.807) is 18.0 Å². The average molecular weight is 208 g/mol. The van der Waals surface area contributed by atoms with E-state index in [4.69, 9.17) is 4.84 Å². The maximum atomic E-state index is 5.26. The topological polar surface area (TPSA) is 41.8 Å². The minimum atomic E-state index is 0.741. The van der Waals surface area contributed by atoms with Crippen LogP contribution in [0, 0.1) is 0 Å². The van der Waals surface area contributed by atoms with Crippen molar-refractivity contribution in [3.63, 3.8) is 0 Å². The van der Waals surface area contributed by atoms with Crippen molar-refractivity contribution in [3.05, 3.63) is 18.5 Å². The van der Waals surface area contributed by atoms with Crippen molar-refractivity contribution in [1.82, 2.24) is 14.7 Å². The molecule has 0 unspecified atom stereocenters. The van der Waals surface area contributed by atoms with E-state index in [-0.39, 0.29) is 0 Å². The van der Waals surface area contributed by atoms with E-state index in [2.05, 4.69) is 37.4 Å². The second-order valence-corrected chi connectivity index (χ2v) is 4.39. The lowest BCUT2D eigenvalue weighted by Crippen LogP contribution is -2.44. The zero-order valence-electron chi connectivity index (χ0n) is 9.48. The summed E-state index contributed by atoms with van der Waals surface area (Å²) >= 11 is 0.